The van der Waals surface area contributed by atoms with Gasteiger partial charge in [0.05, 0.1) is 9.75 Å². The number of unbranched alkanes of at least 4 members (excludes halogenated alkanes) is 11. The Kier molecular flexibility index (Phi) is 21.8. The van der Waals surface area contributed by atoms with Crippen molar-refractivity contribution in [2.75, 3.05) is 0 Å². The van der Waals surface area contributed by atoms with Crippen molar-refractivity contribution in [2.24, 2.45) is 11.8 Å². The first-order valence-electron chi connectivity index (χ1n) is 29.7. The molecule has 1 aliphatic rings. The molecule has 0 fully saturated rings. The molecule has 7 rings (SSSR count). The highest BCUT2D eigenvalue weighted by Crippen LogP contribution is 2.54. The van der Waals surface area contributed by atoms with Crippen molar-refractivity contribution in [2.45, 2.75) is 273 Å². The van der Waals surface area contributed by atoms with Crippen molar-refractivity contribution in [3.63, 3.8) is 0 Å². The lowest BCUT2D eigenvalue weighted by Crippen LogP contribution is -2.11. The first-order valence-corrected chi connectivity index (χ1v) is 33.0. The van der Waals surface area contributed by atoms with Crippen LogP contribution in [0.15, 0.2) is 24.3 Å². The highest BCUT2D eigenvalue weighted by molar-refractivity contribution is 7.27. The quantitative estimate of drug-likeness (QED) is 0.0395. The summed E-state index contributed by atoms with van der Waals surface area (Å²) >= 11 is 8.00. The van der Waals surface area contributed by atoms with E-state index in [0.717, 1.165) is 28.0 Å². The molecule has 0 radical (unpaired) electrons. The topological polar surface area (TPSA) is 51.6 Å². The van der Waals surface area contributed by atoms with Gasteiger partial charge in [0.1, 0.15) is 0 Å². The second-order valence-electron chi connectivity index (χ2n) is 24.0. The van der Waals surface area contributed by atoms with Crippen molar-refractivity contribution in [1.29, 1.82) is 0 Å². The van der Waals surface area contributed by atoms with E-state index >= 15 is 0 Å². The predicted molar refractivity (Wildman–Crippen MR) is 322 cm³/mol. The van der Waals surface area contributed by atoms with Crippen molar-refractivity contribution in [3.05, 3.63) is 56.3 Å². The van der Waals surface area contributed by atoms with E-state index in [1.807, 2.05) is 22.7 Å². The van der Waals surface area contributed by atoms with Gasteiger partial charge in [0.25, 0.3) is 0 Å². The Morgan fingerprint density at radius 2 is 1.03 bits per heavy atom. The number of benzene rings is 1. The molecule has 4 nitrogen and oxygen atoms in total. The van der Waals surface area contributed by atoms with Gasteiger partial charge in [0.2, 0.25) is 11.6 Å². The van der Waals surface area contributed by atoms with Crippen LogP contribution in [0.4, 0.5) is 0 Å². The molecule has 0 amide bonds. The molecule has 0 saturated carbocycles. The minimum atomic E-state index is 0.117. The second kappa shape index (κ2) is 27.5. The molecule has 0 spiro atoms. The van der Waals surface area contributed by atoms with Crippen LogP contribution in [-0.4, -0.2) is 20.4 Å². The molecule has 5 aromatic heterocycles. The fourth-order valence-electron chi connectivity index (χ4n) is 12.0. The zero-order valence-corrected chi connectivity index (χ0v) is 50.5. The maximum atomic E-state index is 4.89. The third kappa shape index (κ3) is 14.5. The Morgan fingerprint density at radius 1 is 0.514 bits per heavy atom. The monoisotopic (exact) mass is 1050 g/mol. The van der Waals surface area contributed by atoms with Gasteiger partial charge in [-0.2, -0.15) is 0 Å². The van der Waals surface area contributed by atoms with Gasteiger partial charge in [-0.25, -0.2) is 0 Å². The van der Waals surface area contributed by atoms with E-state index in [1.54, 1.807) is 31.3 Å². The summed E-state index contributed by atoms with van der Waals surface area (Å²) in [7, 11) is 0. The summed E-state index contributed by atoms with van der Waals surface area (Å²) < 4.78 is 3.16. The lowest BCUT2D eigenvalue weighted by molar-refractivity contribution is 0.390. The Hall–Kier alpha value is -2.52. The fourth-order valence-corrected chi connectivity index (χ4v) is 17.1. The first kappa shape index (κ1) is 57.2. The number of hydrogen-bond acceptors (Lipinski definition) is 8. The third-order valence-electron chi connectivity index (χ3n) is 16.4. The largest absolute Gasteiger partial charge is 0.213 e. The number of rotatable bonds is 32. The van der Waals surface area contributed by atoms with Crippen LogP contribution in [0.25, 0.3) is 51.3 Å². The summed E-state index contributed by atoms with van der Waals surface area (Å²) in [6.07, 6.45) is 36.2. The van der Waals surface area contributed by atoms with Crippen molar-refractivity contribution in [1.82, 2.24) is 20.4 Å². The average Bonchev–Trinajstić information content (AvgIpc) is 4.21. The number of fused-ring (bicyclic) bond motifs is 3. The van der Waals surface area contributed by atoms with Gasteiger partial charge >= 0.3 is 0 Å². The number of thiophene rings is 4. The lowest BCUT2D eigenvalue weighted by atomic mass is 9.86. The maximum Gasteiger partial charge on any atom is 0.213 e. The summed E-state index contributed by atoms with van der Waals surface area (Å²) in [4.78, 5) is 8.11. The van der Waals surface area contributed by atoms with Crippen molar-refractivity contribution < 1.29 is 0 Å². The molecule has 5 heterocycles. The SMILES string of the molecule is CCCCCCc1cc(-c2nnc(-c3cc4c(s3)C(C)(C)CC4CCCCC)nn2)sc1-c1cc2c(CCC(CCCC)CCCCC)c3sc(C(C)(C)C)cc3c(CCC(CCCC)CCCCC)c2s1. The zero-order chi connectivity index (χ0) is 51.3. The standard InChI is InChI=1S/C64H96N4S4/c1-12-18-24-28-33-46-39-54(61-65-67-62(68-66-61)55-40-50-47(34-27-21-15-4)43-64(10,11)60(50)71-55)70-57(46)53-41-51-48(37-35-44(29-22-16-5)31-25-19-13-2)59-52(42-56(72-59)63(7,8)9)49(58(51)69-53)38-36-45(30-23-17-6)32-26-20-14-3/h39-42,44-45,47H,12-38,43H2,1-11H3. The van der Waals surface area contributed by atoms with Gasteiger partial charge in [-0.05, 0) is 137 Å². The van der Waals surface area contributed by atoms with Crippen LogP contribution < -0.4 is 0 Å². The predicted octanol–water partition coefficient (Wildman–Crippen LogP) is 22.2. The number of hydrogen-bond donors (Lipinski definition) is 0. The van der Waals surface area contributed by atoms with Gasteiger partial charge in [-0.3, -0.25) is 0 Å². The van der Waals surface area contributed by atoms with Crippen LogP contribution in [0.2, 0.25) is 0 Å². The van der Waals surface area contributed by atoms with Crippen molar-refractivity contribution >= 4 is 65.5 Å². The van der Waals surface area contributed by atoms with E-state index < -0.39 is 0 Å². The van der Waals surface area contributed by atoms with Crippen LogP contribution in [0.1, 0.15) is 275 Å². The molecule has 396 valence electrons. The average molecular weight is 1050 g/mol. The molecule has 0 aliphatic heterocycles. The van der Waals surface area contributed by atoms with Crippen LogP contribution in [-0.2, 0) is 30.1 Å². The molecular weight excluding hydrogens is 953 g/mol. The fraction of sp³-hybridized carbons (Fsp3) is 0.688. The van der Waals surface area contributed by atoms with Crippen LogP contribution >= 0.6 is 45.3 Å². The Bertz CT molecular complexity index is 2480. The molecule has 1 aromatic carbocycles. The third-order valence-corrected chi connectivity index (χ3v) is 22.0. The number of nitrogens with zero attached hydrogens (tertiary/aromatic N) is 4. The zero-order valence-electron chi connectivity index (χ0n) is 47.3. The molecule has 3 atom stereocenters. The molecule has 8 heteroatoms. The van der Waals surface area contributed by atoms with Crippen molar-refractivity contribution in [3.8, 4) is 31.2 Å². The molecule has 72 heavy (non-hydrogen) atoms. The molecule has 0 saturated heterocycles. The minimum absolute atomic E-state index is 0.117. The van der Waals surface area contributed by atoms with Gasteiger partial charge in [0.15, 0.2) is 0 Å². The summed E-state index contributed by atoms with van der Waals surface area (Å²) in [5, 5.41) is 22.6. The van der Waals surface area contributed by atoms with Crippen LogP contribution in [0, 0.1) is 11.8 Å². The second-order valence-corrected chi connectivity index (χ2v) is 28.2. The number of aryl methyl sites for hydroxylation is 3. The number of aromatic nitrogens is 4. The maximum absolute atomic E-state index is 4.89. The van der Waals surface area contributed by atoms with Gasteiger partial charge in [0, 0.05) is 28.9 Å². The summed E-state index contributed by atoms with van der Waals surface area (Å²) in [6.45, 7) is 26.2. The van der Waals surface area contributed by atoms with E-state index in [2.05, 4.69) is 123 Å². The van der Waals surface area contributed by atoms with Gasteiger partial charge in [-0.1, -0.05) is 205 Å². The van der Waals surface area contributed by atoms with Gasteiger partial charge < -0.3 is 0 Å². The smallest absolute Gasteiger partial charge is 0.139 e. The Balaban J connectivity index is 1.31. The first-order chi connectivity index (χ1) is 34.8. The highest BCUT2D eigenvalue weighted by atomic mass is 32.1. The normalized spacial score (nSPS) is 15.6. The van der Waals surface area contributed by atoms with E-state index in [9.17, 15) is 0 Å². The van der Waals surface area contributed by atoms with Crippen LogP contribution in [0.3, 0.4) is 0 Å². The molecule has 1 aliphatic carbocycles. The van der Waals surface area contributed by atoms with E-state index in [-0.39, 0.29) is 10.8 Å². The molecule has 0 N–H and O–H groups in total. The summed E-state index contributed by atoms with van der Waals surface area (Å²) in [6, 6.07) is 10.1. The molecular formula is C64H96N4S4. The van der Waals surface area contributed by atoms with Crippen LogP contribution in [0.5, 0.6) is 0 Å². The van der Waals surface area contributed by atoms with E-state index in [0.29, 0.717) is 17.6 Å². The summed E-state index contributed by atoms with van der Waals surface area (Å²) in [5.41, 5.74) is 6.55. The van der Waals surface area contributed by atoms with E-state index in [1.165, 1.54) is 204 Å². The Morgan fingerprint density at radius 3 is 1.60 bits per heavy atom. The minimum Gasteiger partial charge on any atom is -0.139 e. The van der Waals surface area contributed by atoms with E-state index in [4.69, 9.17) is 20.4 Å². The highest BCUT2D eigenvalue weighted by Gasteiger charge is 2.39. The molecule has 3 unspecified atom stereocenters. The molecule has 6 aromatic rings. The lowest BCUT2D eigenvalue weighted by Gasteiger charge is -2.19. The summed E-state index contributed by atoms with van der Waals surface area (Å²) in [5.74, 6) is 3.55. The molecule has 0 bridgehead atoms. The Labute approximate surface area is 454 Å². The van der Waals surface area contributed by atoms with Gasteiger partial charge in [-0.15, -0.1) is 65.7 Å².